The van der Waals surface area contributed by atoms with Crippen molar-refractivity contribution in [3.63, 3.8) is 0 Å². The van der Waals surface area contributed by atoms with Gasteiger partial charge in [0.15, 0.2) is 0 Å². The number of pyridine rings is 1. The maximum atomic E-state index is 5.99. The van der Waals surface area contributed by atoms with Crippen molar-refractivity contribution >= 4 is 0 Å². The first-order valence-corrected chi connectivity index (χ1v) is 13.0. The molecule has 0 aliphatic carbocycles. The van der Waals surface area contributed by atoms with Crippen molar-refractivity contribution in [3.8, 4) is 22.8 Å². The molecule has 180 valence electrons. The highest BCUT2D eigenvalue weighted by atomic mass is 16.5. The molecule has 0 unspecified atom stereocenters. The fourth-order valence-electron chi connectivity index (χ4n) is 5.03. The summed E-state index contributed by atoms with van der Waals surface area (Å²) in [5.74, 6) is 2.48. The largest absolute Gasteiger partial charge is 0.494 e. The van der Waals surface area contributed by atoms with Crippen LogP contribution in [0, 0.1) is 5.92 Å². The first-order chi connectivity index (χ1) is 16.3. The summed E-state index contributed by atoms with van der Waals surface area (Å²) in [6.07, 6.45) is 10.7. The van der Waals surface area contributed by atoms with Crippen molar-refractivity contribution in [1.82, 2.24) is 14.8 Å². The van der Waals surface area contributed by atoms with Gasteiger partial charge in [-0.15, -0.1) is 0 Å². The molecule has 33 heavy (non-hydrogen) atoms. The number of rotatable bonds is 11. The first-order valence-electron chi connectivity index (χ1n) is 13.0. The Kier molecular flexibility index (Phi) is 9.43. The highest BCUT2D eigenvalue weighted by Crippen LogP contribution is 2.25. The predicted molar refractivity (Wildman–Crippen MR) is 135 cm³/mol. The van der Waals surface area contributed by atoms with Gasteiger partial charge < -0.3 is 19.3 Å². The third-order valence-electron chi connectivity index (χ3n) is 6.87. The van der Waals surface area contributed by atoms with Gasteiger partial charge in [0.2, 0.25) is 5.88 Å². The van der Waals surface area contributed by atoms with Crippen molar-refractivity contribution in [2.45, 2.75) is 51.9 Å². The van der Waals surface area contributed by atoms with E-state index in [-0.39, 0.29) is 0 Å². The maximum absolute atomic E-state index is 5.99. The summed E-state index contributed by atoms with van der Waals surface area (Å²) in [7, 11) is 0. The number of ether oxygens (including phenoxy) is 2. The Bertz CT molecular complexity index is 820. The summed E-state index contributed by atoms with van der Waals surface area (Å²) < 4.78 is 11.9. The molecule has 1 aromatic carbocycles. The van der Waals surface area contributed by atoms with E-state index in [2.05, 4.69) is 46.0 Å². The maximum Gasteiger partial charge on any atom is 0.213 e. The summed E-state index contributed by atoms with van der Waals surface area (Å²) in [6.45, 7) is 11.1. The molecule has 1 atom stereocenters. The highest BCUT2D eigenvalue weighted by Gasteiger charge is 2.15. The van der Waals surface area contributed by atoms with Crippen LogP contribution in [0.3, 0.4) is 0 Å². The molecule has 0 radical (unpaired) electrons. The summed E-state index contributed by atoms with van der Waals surface area (Å²) in [6, 6.07) is 12.5. The summed E-state index contributed by atoms with van der Waals surface area (Å²) in [5, 5.41) is 0. The lowest BCUT2D eigenvalue weighted by Crippen LogP contribution is -2.35. The molecule has 1 aromatic heterocycles. The van der Waals surface area contributed by atoms with Crippen LogP contribution in [-0.4, -0.2) is 67.3 Å². The molecule has 0 saturated carbocycles. The summed E-state index contributed by atoms with van der Waals surface area (Å²) in [4.78, 5) is 9.53. The van der Waals surface area contributed by atoms with Crippen LogP contribution in [0.25, 0.3) is 11.1 Å². The Hall–Kier alpha value is -2.11. The van der Waals surface area contributed by atoms with Crippen LogP contribution in [0.4, 0.5) is 0 Å². The minimum Gasteiger partial charge on any atom is -0.494 e. The van der Waals surface area contributed by atoms with E-state index in [4.69, 9.17) is 9.47 Å². The van der Waals surface area contributed by atoms with Gasteiger partial charge in [0, 0.05) is 31.9 Å². The first kappa shape index (κ1) is 24.0. The molecule has 0 bridgehead atoms. The van der Waals surface area contributed by atoms with Gasteiger partial charge in [0.25, 0.3) is 0 Å². The molecular formula is C28H41N3O2. The lowest BCUT2D eigenvalue weighted by Gasteiger charge is -2.30. The lowest BCUT2D eigenvalue weighted by atomic mass is 10.0. The van der Waals surface area contributed by atoms with Crippen molar-refractivity contribution < 1.29 is 9.47 Å². The van der Waals surface area contributed by atoms with Crippen LogP contribution in [0.5, 0.6) is 11.6 Å². The van der Waals surface area contributed by atoms with Crippen LogP contribution >= 0.6 is 0 Å². The van der Waals surface area contributed by atoms with Gasteiger partial charge in [0.05, 0.1) is 13.2 Å². The van der Waals surface area contributed by atoms with E-state index in [0.717, 1.165) is 61.9 Å². The van der Waals surface area contributed by atoms with E-state index in [0.29, 0.717) is 5.88 Å². The molecule has 2 saturated heterocycles. The molecule has 2 fully saturated rings. The quantitative estimate of drug-likeness (QED) is 0.422. The van der Waals surface area contributed by atoms with Crippen LogP contribution in [0.1, 0.15) is 51.9 Å². The molecule has 0 amide bonds. The lowest BCUT2D eigenvalue weighted by molar-refractivity contribution is 0.170. The number of nitrogens with zero attached hydrogens (tertiary/aromatic N) is 3. The van der Waals surface area contributed by atoms with Gasteiger partial charge in [-0.3, -0.25) is 0 Å². The average molecular weight is 452 g/mol. The third-order valence-corrected chi connectivity index (χ3v) is 6.87. The summed E-state index contributed by atoms with van der Waals surface area (Å²) in [5.41, 5.74) is 2.28. The van der Waals surface area contributed by atoms with E-state index >= 15 is 0 Å². The number of aromatic nitrogens is 1. The summed E-state index contributed by atoms with van der Waals surface area (Å²) >= 11 is 0. The molecule has 5 nitrogen and oxygen atoms in total. The molecule has 3 heterocycles. The fraction of sp³-hybridized carbons (Fsp3) is 0.607. The minimum atomic E-state index is 0.707. The Balaban J connectivity index is 1.18. The third kappa shape index (κ3) is 8.01. The average Bonchev–Trinajstić information content (AvgIpc) is 2.86. The van der Waals surface area contributed by atoms with Gasteiger partial charge >= 0.3 is 0 Å². The minimum absolute atomic E-state index is 0.707. The number of likely N-dealkylation sites (tertiary alicyclic amines) is 2. The van der Waals surface area contributed by atoms with E-state index in [9.17, 15) is 0 Å². The second-order valence-corrected chi connectivity index (χ2v) is 9.76. The van der Waals surface area contributed by atoms with Gasteiger partial charge in [0.1, 0.15) is 5.75 Å². The van der Waals surface area contributed by atoms with E-state index in [1.54, 1.807) is 0 Å². The smallest absolute Gasteiger partial charge is 0.213 e. The van der Waals surface area contributed by atoms with Crippen molar-refractivity contribution in [2.75, 3.05) is 52.5 Å². The molecule has 0 spiro atoms. The standard InChI is InChI=1S/C28H41N3O2/c1-24-8-5-17-31(23-24)19-7-20-32-27-11-9-25(10-12-27)26-13-14-29-28(22-26)33-21-6-18-30-15-3-2-4-16-30/h9-14,22,24H,2-8,15-21,23H2,1H3/t24-/m0/s1. The van der Waals surface area contributed by atoms with Gasteiger partial charge in [-0.2, -0.15) is 0 Å². The number of benzene rings is 1. The van der Waals surface area contributed by atoms with Gasteiger partial charge in [-0.25, -0.2) is 4.98 Å². The van der Waals surface area contributed by atoms with Crippen LogP contribution in [0.2, 0.25) is 0 Å². The van der Waals surface area contributed by atoms with Crippen LogP contribution in [0.15, 0.2) is 42.6 Å². The zero-order chi connectivity index (χ0) is 22.7. The van der Waals surface area contributed by atoms with Crippen molar-refractivity contribution in [3.05, 3.63) is 42.6 Å². The zero-order valence-electron chi connectivity index (χ0n) is 20.4. The Morgan fingerprint density at radius 3 is 2.33 bits per heavy atom. The van der Waals surface area contributed by atoms with Crippen LogP contribution in [-0.2, 0) is 0 Å². The van der Waals surface area contributed by atoms with E-state index in [1.807, 2.05) is 18.3 Å². The Morgan fingerprint density at radius 2 is 1.55 bits per heavy atom. The fourth-order valence-corrected chi connectivity index (χ4v) is 5.03. The normalized spacial score (nSPS) is 20.0. The van der Waals surface area contributed by atoms with Crippen molar-refractivity contribution in [1.29, 1.82) is 0 Å². The molecular weight excluding hydrogens is 410 g/mol. The molecule has 2 aliphatic heterocycles. The number of hydrogen-bond acceptors (Lipinski definition) is 5. The second-order valence-electron chi connectivity index (χ2n) is 9.76. The molecule has 5 heteroatoms. The zero-order valence-corrected chi connectivity index (χ0v) is 20.4. The van der Waals surface area contributed by atoms with Gasteiger partial charge in [-0.1, -0.05) is 25.5 Å². The molecule has 0 N–H and O–H groups in total. The Labute approximate surface area is 200 Å². The molecule has 2 aromatic rings. The highest BCUT2D eigenvalue weighted by molar-refractivity contribution is 5.64. The van der Waals surface area contributed by atoms with Crippen LogP contribution < -0.4 is 9.47 Å². The molecule has 2 aliphatic rings. The predicted octanol–water partition coefficient (Wildman–Crippen LogP) is 5.50. The topological polar surface area (TPSA) is 37.8 Å². The molecule has 4 rings (SSSR count). The van der Waals surface area contributed by atoms with Crippen molar-refractivity contribution in [2.24, 2.45) is 5.92 Å². The SMILES string of the molecule is C[C@H]1CCCN(CCCOc2ccc(-c3ccnc(OCCCN4CCCCC4)c3)cc2)C1. The number of hydrogen-bond donors (Lipinski definition) is 0. The monoisotopic (exact) mass is 451 g/mol. The number of piperidine rings is 2. The second kappa shape index (κ2) is 13.0. The van der Waals surface area contributed by atoms with Gasteiger partial charge in [-0.05, 0) is 93.4 Å². The van der Waals surface area contributed by atoms with E-state index < -0.39 is 0 Å². The Morgan fingerprint density at radius 1 is 0.818 bits per heavy atom. The van der Waals surface area contributed by atoms with E-state index in [1.165, 1.54) is 58.3 Å².